The minimum absolute atomic E-state index is 0.226. The van der Waals surface area contributed by atoms with Gasteiger partial charge in [0.1, 0.15) is 0 Å². The summed E-state index contributed by atoms with van der Waals surface area (Å²) >= 11 is 0. The van der Waals surface area contributed by atoms with Gasteiger partial charge in [-0.15, -0.1) is 0 Å². The highest BCUT2D eigenvalue weighted by Gasteiger charge is 2.24. The van der Waals surface area contributed by atoms with Crippen molar-refractivity contribution in [2.75, 3.05) is 33.7 Å². The van der Waals surface area contributed by atoms with Crippen molar-refractivity contribution in [3.8, 4) is 0 Å². The number of carbonyl (C=O) groups excluding carboxylic acids is 1. The van der Waals surface area contributed by atoms with Crippen LogP contribution in [0.3, 0.4) is 0 Å². The Kier molecular flexibility index (Phi) is 5.77. The molecule has 1 fully saturated rings. The summed E-state index contributed by atoms with van der Waals surface area (Å²) in [7, 11) is 3.64. The lowest BCUT2D eigenvalue weighted by Gasteiger charge is -2.24. The fraction of sp³-hybridized carbons (Fsp3) is 0.917. The molecule has 0 saturated carbocycles. The lowest BCUT2D eigenvalue weighted by molar-refractivity contribution is -0.129. The highest BCUT2D eigenvalue weighted by atomic mass is 16.2. The molecule has 4 nitrogen and oxygen atoms in total. The average Bonchev–Trinajstić information content (AvgIpc) is 2.70. The Morgan fingerprint density at radius 1 is 1.50 bits per heavy atom. The molecule has 0 aromatic carbocycles. The van der Waals surface area contributed by atoms with E-state index in [0.717, 1.165) is 26.1 Å². The first-order valence-corrected chi connectivity index (χ1v) is 6.29. The van der Waals surface area contributed by atoms with Gasteiger partial charge in [-0.2, -0.15) is 0 Å². The second-order valence-corrected chi connectivity index (χ2v) is 4.80. The van der Waals surface area contributed by atoms with E-state index in [-0.39, 0.29) is 5.91 Å². The molecule has 94 valence electrons. The van der Waals surface area contributed by atoms with Crippen LogP contribution in [-0.2, 0) is 4.79 Å². The Morgan fingerprint density at radius 3 is 2.88 bits per heavy atom. The van der Waals surface area contributed by atoms with Crippen molar-refractivity contribution in [1.82, 2.24) is 9.80 Å². The van der Waals surface area contributed by atoms with Crippen molar-refractivity contribution < 1.29 is 4.79 Å². The zero-order valence-electron chi connectivity index (χ0n) is 10.6. The molecule has 1 atom stereocenters. The number of rotatable bonds is 6. The van der Waals surface area contributed by atoms with Crippen LogP contribution >= 0.6 is 0 Å². The molecular weight excluding hydrogens is 202 g/mol. The molecule has 2 N–H and O–H groups in total. The maximum Gasteiger partial charge on any atom is 0.223 e. The number of carbonyl (C=O) groups is 1. The molecule has 1 heterocycles. The normalized spacial score (nSPS) is 21.3. The quantitative estimate of drug-likeness (QED) is 0.725. The van der Waals surface area contributed by atoms with Crippen molar-refractivity contribution in [3.63, 3.8) is 0 Å². The van der Waals surface area contributed by atoms with Crippen LogP contribution in [0.2, 0.25) is 0 Å². The number of likely N-dealkylation sites (tertiary alicyclic amines) is 1. The van der Waals surface area contributed by atoms with Gasteiger partial charge in [-0.05, 0) is 38.8 Å². The smallest absolute Gasteiger partial charge is 0.223 e. The maximum atomic E-state index is 11.5. The van der Waals surface area contributed by atoms with Crippen molar-refractivity contribution >= 4 is 5.91 Å². The highest BCUT2D eigenvalue weighted by molar-refractivity contribution is 5.75. The third-order valence-corrected chi connectivity index (χ3v) is 3.35. The van der Waals surface area contributed by atoms with Crippen LogP contribution in [0.4, 0.5) is 0 Å². The summed E-state index contributed by atoms with van der Waals surface area (Å²) in [6.45, 7) is 2.84. The lowest BCUT2D eigenvalue weighted by atomic mass is 10.1. The van der Waals surface area contributed by atoms with Gasteiger partial charge in [0.05, 0.1) is 0 Å². The molecule has 1 amide bonds. The van der Waals surface area contributed by atoms with Crippen LogP contribution in [0, 0.1) is 0 Å². The van der Waals surface area contributed by atoms with Crippen molar-refractivity contribution in [3.05, 3.63) is 0 Å². The molecule has 0 aliphatic carbocycles. The molecule has 0 aromatic heterocycles. The van der Waals surface area contributed by atoms with E-state index in [2.05, 4.69) is 4.90 Å². The molecule has 0 radical (unpaired) electrons. The largest absolute Gasteiger partial charge is 0.349 e. The van der Waals surface area contributed by atoms with E-state index in [1.165, 1.54) is 19.3 Å². The molecule has 0 spiro atoms. The Balaban J connectivity index is 2.26. The summed E-state index contributed by atoms with van der Waals surface area (Å²) in [6.07, 6.45) is 5.48. The third kappa shape index (κ3) is 4.10. The molecule has 0 bridgehead atoms. The monoisotopic (exact) mass is 227 g/mol. The van der Waals surface area contributed by atoms with Gasteiger partial charge in [0.2, 0.25) is 5.91 Å². The van der Waals surface area contributed by atoms with Gasteiger partial charge < -0.3 is 10.6 Å². The maximum absolute atomic E-state index is 11.5. The predicted molar refractivity (Wildman–Crippen MR) is 66.2 cm³/mol. The summed E-state index contributed by atoms with van der Waals surface area (Å²) in [4.78, 5) is 15.6. The van der Waals surface area contributed by atoms with Crippen LogP contribution < -0.4 is 5.73 Å². The van der Waals surface area contributed by atoms with Crippen LogP contribution in [0.15, 0.2) is 0 Å². The Morgan fingerprint density at radius 2 is 2.25 bits per heavy atom. The van der Waals surface area contributed by atoms with Crippen molar-refractivity contribution in [1.29, 1.82) is 0 Å². The fourth-order valence-electron chi connectivity index (χ4n) is 2.33. The first-order chi connectivity index (χ1) is 7.65. The van der Waals surface area contributed by atoms with Gasteiger partial charge in [-0.3, -0.25) is 9.69 Å². The van der Waals surface area contributed by atoms with Gasteiger partial charge in [0.15, 0.2) is 0 Å². The van der Waals surface area contributed by atoms with Gasteiger partial charge >= 0.3 is 0 Å². The van der Waals surface area contributed by atoms with E-state index in [9.17, 15) is 4.79 Å². The van der Waals surface area contributed by atoms with Gasteiger partial charge in [0.25, 0.3) is 0 Å². The zero-order chi connectivity index (χ0) is 12.0. The fourth-order valence-corrected chi connectivity index (χ4v) is 2.33. The number of amides is 1. The Labute approximate surface area is 98.8 Å². The molecule has 1 aliphatic heterocycles. The summed E-state index contributed by atoms with van der Waals surface area (Å²) in [5.41, 5.74) is 5.53. The van der Waals surface area contributed by atoms with E-state index in [1.54, 1.807) is 4.90 Å². The highest BCUT2D eigenvalue weighted by Crippen LogP contribution is 2.21. The van der Waals surface area contributed by atoms with Gasteiger partial charge in [-0.25, -0.2) is 0 Å². The van der Waals surface area contributed by atoms with E-state index in [4.69, 9.17) is 5.73 Å². The van der Waals surface area contributed by atoms with E-state index in [1.807, 2.05) is 14.1 Å². The number of hydrogen-bond acceptors (Lipinski definition) is 3. The molecule has 1 saturated heterocycles. The zero-order valence-corrected chi connectivity index (χ0v) is 10.6. The van der Waals surface area contributed by atoms with E-state index >= 15 is 0 Å². The SMILES string of the molecule is CN(C)C(=O)CCN1CCCC1CCCN. The molecule has 1 unspecified atom stereocenters. The second-order valence-electron chi connectivity index (χ2n) is 4.80. The number of hydrogen-bond donors (Lipinski definition) is 1. The van der Waals surface area contributed by atoms with E-state index in [0.29, 0.717) is 12.5 Å². The second kappa shape index (κ2) is 6.86. The van der Waals surface area contributed by atoms with Crippen molar-refractivity contribution in [2.45, 2.75) is 38.1 Å². The Bertz CT molecular complexity index is 218. The van der Waals surface area contributed by atoms with Gasteiger partial charge in [0, 0.05) is 33.1 Å². The first kappa shape index (κ1) is 13.5. The molecule has 1 rings (SSSR count). The molecule has 0 aromatic rings. The Hall–Kier alpha value is -0.610. The van der Waals surface area contributed by atoms with Crippen LogP contribution in [0.25, 0.3) is 0 Å². The molecule has 1 aliphatic rings. The van der Waals surface area contributed by atoms with Gasteiger partial charge in [-0.1, -0.05) is 0 Å². The van der Waals surface area contributed by atoms with Crippen LogP contribution in [0.1, 0.15) is 32.1 Å². The minimum atomic E-state index is 0.226. The standard InChI is InChI=1S/C12H25N3O/c1-14(2)12(16)7-10-15-9-4-6-11(15)5-3-8-13/h11H,3-10,13H2,1-2H3. The van der Waals surface area contributed by atoms with Crippen molar-refractivity contribution in [2.24, 2.45) is 5.73 Å². The minimum Gasteiger partial charge on any atom is -0.349 e. The van der Waals surface area contributed by atoms with Crippen LogP contribution in [0.5, 0.6) is 0 Å². The van der Waals surface area contributed by atoms with E-state index < -0.39 is 0 Å². The molecular formula is C12H25N3O. The first-order valence-electron chi connectivity index (χ1n) is 6.29. The average molecular weight is 227 g/mol. The summed E-state index contributed by atoms with van der Waals surface area (Å²) in [5.74, 6) is 0.226. The summed E-state index contributed by atoms with van der Waals surface area (Å²) in [5, 5.41) is 0. The lowest BCUT2D eigenvalue weighted by Crippen LogP contribution is -2.34. The number of nitrogens with zero attached hydrogens (tertiary/aromatic N) is 2. The summed E-state index contributed by atoms with van der Waals surface area (Å²) in [6, 6.07) is 0.665. The third-order valence-electron chi connectivity index (χ3n) is 3.35. The topological polar surface area (TPSA) is 49.6 Å². The predicted octanol–water partition coefficient (Wildman–Crippen LogP) is 0.668. The van der Waals surface area contributed by atoms with Crippen LogP contribution in [-0.4, -0.2) is 55.5 Å². The number of nitrogens with two attached hydrogens (primary N) is 1. The summed E-state index contributed by atoms with van der Waals surface area (Å²) < 4.78 is 0. The molecule has 16 heavy (non-hydrogen) atoms. The molecule has 4 heteroatoms.